The Morgan fingerprint density at radius 1 is 1.40 bits per heavy atom. The van der Waals surface area contributed by atoms with Crippen molar-refractivity contribution in [1.82, 2.24) is 15.4 Å². The highest BCUT2D eigenvalue weighted by Gasteiger charge is 2.29. The number of nitrogens with zero attached hydrogens (tertiary/aromatic N) is 2. The number of carbonyl (C=O) groups is 1. The Morgan fingerprint density at radius 3 is 2.92 bits per heavy atom. The van der Waals surface area contributed by atoms with Crippen molar-refractivity contribution < 1.29 is 13.7 Å². The lowest BCUT2D eigenvalue weighted by Gasteiger charge is -2.29. The second kappa shape index (κ2) is 7.76. The van der Waals surface area contributed by atoms with Gasteiger partial charge in [0.2, 0.25) is 0 Å². The van der Waals surface area contributed by atoms with E-state index in [1.54, 1.807) is 6.26 Å². The van der Waals surface area contributed by atoms with Crippen LogP contribution >= 0.6 is 0 Å². The van der Waals surface area contributed by atoms with Crippen molar-refractivity contribution in [2.45, 2.75) is 58.4 Å². The van der Waals surface area contributed by atoms with E-state index in [1.807, 2.05) is 30.9 Å². The maximum Gasteiger partial charge on any atom is 0.318 e. The number of nitrogens with one attached hydrogen (secondary N) is 1. The summed E-state index contributed by atoms with van der Waals surface area (Å²) < 4.78 is 10.8. The van der Waals surface area contributed by atoms with Gasteiger partial charge in [0.05, 0.1) is 18.0 Å². The summed E-state index contributed by atoms with van der Waals surface area (Å²) in [5, 5.41) is 7.09. The molecule has 2 aromatic heterocycles. The maximum atomic E-state index is 12.8. The maximum absolute atomic E-state index is 12.8. The summed E-state index contributed by atoms with van der Waals surface area (Å²) in [6.07, 6.45) is 5.92. The molecule has 3 rings (SSSR count). The van der Waals surface area contributed by atoms with Crippen LogP contribution in [-0.2, 0) is 0 Å². The third-order valence-electron chi connectivity index (χ3n) is 5.03. The van der Waals surface area contributed by atoms with E-state index >= 15 is 0 Å². The molecule has 0 aliphatic carbocycles. The average Bonchev–Trinajstić information content (AvgIpc) is 3.16. The Kier molecular flexibility index (Phi) is 5.46. The number of hydrogen-bond acceptors (Lipinski definition) is 4. The van der Waals surface area contributed by atoms with Gasteiger partial charge in [0, 0.05) is 24.6 Å². The zero-order valence-corrected chi connectivity index (χ0v) is 15.2. The molecule has 3 heterocycles. The van der Waals surface area contributed by atoms with Crippen LogP contribution in [-0.4, -0.2) is 29.2 Å². The molecule has 6 nitrogen and oxygen atoms in total. The molecule has 0 spiro atoms. The number of hydrogen-bond donors (Lipinski definition) is 1. The van der Waals surface area contributed by atoms with Crippen LogP contribution in [0.3, 0.4) is 0 Å². The average molecular weight is 345 g/mol. The SMILES string of the molecule is Cc1noc(C)c1[C@H](C)CNC(=O)N1CCCCC[C@H]1c1ccco1. The smallest absolute Gasteiger partial charge is 0.318 e. The highest BCUT2D eigenvalue weighted by atomic mass is 16.5. The van der Waals surface area contributed by atoms with E-state index < -0.39 is 0 Å². The number of rotatable bonds is 4. The van der Waals surface area contributed by atoms with Crippen molar-refractivity contribution in [3.8, 4) is 0 Å². The van der Waals surface area contributed by atoms with Crippen LogP contribution in [0, 0.1) is 13.8 Å². The van der Waals surface area contributed by atoms with Gasteiger partial charge < -0.3 is 19.2 Å². The molecule has 25 heavy (non-hydrogen) atoms. The number of amides is 2. The minimum atomic E-state index is -0.0260. The summed E-state index contributed by atoms with van der Waals surface area (Å²) in [5.41, 5.74) is 1.97. The summed E-state index contributed by atoms with van der Waals surface area (Å²) in [7, 11) is 0. The van der Waals surface area contributed by atoms with Crippen molar-refractivity contribution in [3.05, 3.63) is 41.2 Å². The molecule has 1 saturated heterocycles. The first-order chi connectivity index (χ1) is 12.1. The molecule has 1 N–H and O–H groups in total. The molecular weight excluding hydrogens is 318 g/mol. The first-order valence-corrected chi connectivity index (χ1v) is 9.08. The van der Waals surface area contributed by atoms with Crippen LogP contribution < -0.4 is 5.32 Å². The van der Waals surface area contributed by atoms with Gasteiger partial charge >= 0.3 is 6.03 Å². The first kappa shape index (κ1) is 17.6. The summed E-state index contributed by atoms with van der Waals surface area (Å²) in [6.45, 7) is 7.25. The summed E-state index contributed by atoms with van der Waals surface area (Å²) >= 11 is 0. The van der Waals surface area contributed by atoms with Crippen LogP contribution in [0.25, 0.3) is 0 Å². The zero-order valence-electron chi connectivity index (χ0n) is 15.2. The van der Waals surface area contributed by atoms with Gasteiger partial charge in [-0.3, -0.25) is 0 Å². The summed E-state index contributed by atoms with van der Waals surface area (Å²) in [6, 6.07) is 3.84. The fourth-order valence-electron chi connectivity index (χ4n) is 3.77. The normalized spacial score (nSPS) is 19.5. The molecule has 1 aliphatic heterocycles. The van der Waals surface area contributed by atoms with Gasteiger partial charge in [0.15, 0.2) is 0 Å². The Hall–Kier alpha value is -2.24. The zero-order chi connectivity index (χ0) is 17.8. The lowest BCUT2D eigenvalue weighted by molar-refractivity contribution is 0.166. The molecule has 0 saturated carbocycles. The van der Waals surface area contributed by atoms with Gasteiger partial charge in [0.25, 0.3) is 0 Å². The van der Waals surface area contributed by atoms with E-state index in [9.17, 15) is 4.79 Å². The van der Waals surface area contributed by atoms with Crippen molar-refractivity contribution in [2.24, 2.45) is 0 Å². The molecule has 1 fully saturated rings. The van der Waals surface area contributed by atoms with Gasteiger partial charge in [0.1, 0.15) is 11.5 Å². The van der Waals surface area contributed by atoms with Crippen molar-refractivity contribution in [1.29, 1.82) is 0 Å². The van der Waals surface area contributed by atoms with E-state index in [1.165, 1.54) is 0 Å². The van der Waals surface area contributed by atoms with Gasteiger partial charge in [-0.15, -0.1) is 0 Å². The minimum Gasteiger partial charge on any atom is -0.467 e. The van der Waals surface area contributed by atoms with Crippen molar-refractivity contribution >= 4 is 6.03 Å². The summed E-state index contributed by atoms with van der Waals surface area (Å²) in [4.78, 5) is 14.8. The number of likely N-dealkylation sites (tertiary alicyclic amines) is 1. The lowest BCUT2D eigenvalue weighted by Crippen LogP contribution is -2.43. The van der Waals surface area contributed by atoms with Crippen LogP contribution in [0.4, 0.5) is 4.79 Å². The molecule has 2 aromatic rings. The van der Waals surface area contributed by atoms with Crippen LogP contribution in [0.1, 0.15) is 67.3 Å². The van der Waals surface area contributed by atoms with Crippen molar-refractivity contribution in [3.63, 3.8) is 0 Å². The molecule has 2 atom stereocenters. The third kappa shape index (κ3) is 3.89. The van der Waals surface area contributed by atoms with E-state index in [-0.39, 0.29) is 18.0 Å². The molecular formula is C19H27N3O3. The predicted octanol–water partition coefficient (Wildman–Crippen LogP) is 4.31. The Labute approximate surface area is 148 Å². The summed E-state index contributed by atoms with van der Waals surface area (Å²) in [5.74, 6) is 1.85. The van der Waals surface area contributed by atoms with E-state index in [0.29, 0.717) is 6.54 Å². The molecule has 1 aliphatic rings. The molecule has 0 unspecified atom stereocenters. The Balaban J connectivity index is 1.66. The number of aromatic nitrogens is 1. The van der Waals surface area contributed by atoms with Gasteiger partial charge in [-0.2, -0.15) is 0 Å². The molecule has 2 amide bonds. The van der Waals surface area contributed by atoms with E-state index in [2.05, 4.69) is 17.4 Å². The number of urea groups is 1. The highest BCUT2D eigenvalue weighted by molar-refractivity contribution is 5.74. The molecule has 0 bridgehead atoms. The standard InChI is InChI=1S/C19H27N3O3/c1-13(18-14(2)21-25-15(18)3)12-20-19(23)22-10-6-4-5-8-16(22)17-9-7-11-24-17/h7,9,11,13,16H,4-6,8,10,12H2,1-3H3,(H,20,23)/t13-,16+/m1/s1. The van der Waals surface area contributed by atoms with E-state index in [0.717, 1.165) is 55.0 Å². The molecule has 0 radical (unpaired) electrons. The van der Waals surface area contributed by atoms with E-state index in [4.69, 9.17) is 8.94 Å². The van der Waals surface area contributed by atoms with Gasteiger partial charge in [-0.25, -0.2) is 4.79 Å². The number of aryl methyl sites for hydroxylation is 2. The third-order valence-corrected chi connectivity index (χ3v) is 5.03. The lowest BCUT2D eigenvalue weighted by atomic mass is 10.00. The molecule has 6 heteroatoms. The topological polar surface area (TPSA) is 71.5 Å². The quantitative estimate of drug-likeness (QED) is 0.896. The number of furan rings is 1. The Morgan fingerprint density at radius 2 is 2.24 bits per heavy atom. The fourth-order valence-corrected chi connectivity index (χ4v) is 3.77. The predicted molar refractivity (Wildman–Crippen MR) is 94.4 cm³/mol. The second-order valence-corrected chi connectivity index (χ2v) is 6.90. The van der Waals surface area contributed by atoms with Crippen LogP contribution in [0.15, 0.2) is 27.3 Å². The number of carbonyl (C=O) groups excluding carboxylic acids is 1. The minimum absolute atomic E-state index is 0.0203. The first-order valence-electron chi connectivity index (χ1n) is 9.08. The largest absolute Gasteiger partial charge is 0.467 e. The van der Waals surface area contributed by atoms with Gasteiger partial charge in [-0.1, -0.05) is 24.9 Å². The molecule has 136 valence electrons. The van der Waals surface area contributed by atoms with Gasteiger partial charge in [-0.05, 0) is 38.8 Å². The van der Waals surface area contributed by atoms with Crippen molar-refractivity contribution in [2.75, 3.05) is 13.1 Å². The fraction of sp³-hybridized carbons (Fsp3) is 0.579. The highest BCUT2D eigenvalue weighted by Crippen LogP contribution is 2.30. The monoisotopic (exact) mass is 345 g/mol. The second-order valence-electron chi connectivity index (χ2n) is 6.90. The molecule has 0 aromatic carbocycles. The van der Waals surface area contributed by atoms with Crippen LogP contribution in [0.5, 0.6) is 0 Å². The Bertz CT molecular complexity index is 673. The van der Waals surface area contributed by atoms with Crippen LogP contribution in [0.2, 0.25) is 0 Å².